The summed E-state index contributed by atoms with van der Waals surface area (Å²) in [5, 5.41) is 44.8. The zero-order valence-corrected chi connectivity index (χ0v) is 18.5. The van der Waals surface area contributed by atoms with E-state index in [0.717, 1.165) is 11.6 Å². The Kier molecular flexibility index (Phi) is 10.2. The minimum Gasteiger partial charge on any atom is -0.504 e. The van der Waals surface area contributed by atoms with Crippen molar-refractivity contribution in [1.29, 1.82) is 0 Å². The monoisotopic (exact) mass is 476 g/mol. The Morgan fingerprint density at radius 1 is 0.657 bits per heavy atom. The first kappa shape index (κ1) is 26.3. The molecule has 0 amide bonds. The molecular formula is C27H24O8. The lowest BCUT2D eigenvalue weighted by Crippen LogP contribution is -1.99. The molecule has 0 heterocycles. The zero-order valence-electron chi connectivity index (χ0n) is 18.5. The molecule has 0 aliphatic rings. The maximum absolute atomic E-state index is 11.5. The fourth-order valence-electron chi connectivity index (χ4n) is 2.55. The van der Waals surface area contributed by atoms with Crippen LogP contribution in [0.2, 0.25) is 0 Å². The van der Waals surface area contributed by atoms with Crippen LogP contribution in [0.1, 0.15) is 16.7 Å². The molecule has 8 nitrogen and oxygen atoms in total. The topological polar surface area (TPSA) is 145 Å². The van der Waals surface area contributed by atoms with E-state index < -0.39 is 11.9 Å². The molecule has 0 saturated heterocycles. The number of carbonyl (C=O) groups is 2. The minimum atomic E-state index is -1.06. The molecule has 3 aromatic rings. The van der Waals surface area contributed by atoms with E-state index in [1.165, 1.54) is 48.6 Å². The SMILES string of the molecule is O=C(/C=C/c1ccc(O)c(O)c1)OC/C=C/c1ccccc1.O=C(O)/C=C/c1ccc(O)c(O)c1. The van der Waals surface area contributed by atoms with Crippen molar-refractivity contribution >= 4 is 30.2 Å². The summed E-state index contributed by atoms with van der Waals surface area (Å²) in [7, 11) is 0. The van der Waals surface area contributed by atoms with Crippen molar-refractivity contribution in [2.45, 2.75) is 0 Å². The van der Waals surface area contributed by atoms with Gasteiger partial charge in [-0.15, -0.1) is 0 Å². The molecule has 3 aromatic carbocycles. The molecule has 0 radical (unpaired) electrons. The Hall–Kier alpha value is -4.98. The van der Waals surface area contributed by atoms with Gasteiger partial charge in [0.1, 0.15) is 6.61 Å². The third-order valence-corrected chi connectivity index (χ3v) is 4.26. The van der Waals surface area contributed by atoms with Crippen LogP contribution in [0.3, 0.4) is 0 Å². The highest BCUT2D eigenvalue weighted by atomic mass is 16.5. The summed E-state index contributed by atoms with van der Waals surface area (Å²) in [6, 6.07) is 18.0. The molecule has 180 valence electrons. The lowest BCUT2D eigenvalue weighted by molar-refractivity contribution is -0.136. The molecule has 35 heavy (non-hydrogen) atoms. The van der Waals surface area contributed by atoms with Gasteiger partial charge < -0.3 is 30.3 Å². The smallest absolute Gasteiger partial charge is 0.331 e. The van der Waals surface area contributed by atoms with Crippen molar-refractivity contribution in [3.8, 4) is 23.0 Å². The molecule has 0 spiro atoms. The van der Waals surface area contributed by atoms with E-state index in [4.69, 9.17) is 20.1 Å². The molecule has 3 rings (SSSR count). The second-order valence-electron chi connectivity index (χ2n) is 6.94. The molecule has 5 N–H and O–H groups in total. The van der Waals surface area contributed by atoms with Crippen molar-refractivity contribution in [3.63, 3.8) is 0 Å². The predicted molar refractivity (Wildman–Crippen MR) is 132 cm³/mol. The van der Waals surface area contributed by atoms with Crippen molar-refractivity contribution in [1.82, 2.24) is 0 Å². The molecular weight excluding hydrogens is 452 g/mol. The number of carboxylic acid groups (broad SMARTS) is 1. The highest BCUT2D eigenvalue weighted by Gasteiger charge is 2.00. The average Bonchev–Trinajstić information content (AvgIpc) is 2.84. The largest absolute Gasteiger partial charge is 0.504 e. The van der Waals surface area contributed by atoms with Crippen LogP contribution in [0.4, 0.5) is 0 Å². The first-order valence-electron chi connectivity index (χ1n) is 10.3. The molecule has 0 unspecified atom stereocenters. The van der Waals surface area contributed by atoms with Gasteiger partial charge >= 0.3 is 11.9 Å². The fraction of sp³-hybridized carbons (Fsp3) is 0.0370. The number of benzene rings is 3. The molecule has 0 aliphatic carbocycles. The molecule has 0 aliphatic heterocycles. The summed E-state index contributed by atoms with van der Waals surface area (Å²) < 4.78 is 5.02. The average molecular weight is 476 g/mol. The van der Waals surface area contributed by atoms with Crippen LogP contribution in [0.25, 0.3) is 18.2 Å². The number of carboxylic acids is 1. The minimum absolute atomic E-state index is 0.179. The number of aliphatic carboxylic acids is 1. The van der Waals surface area contributed by atoms with Crippen LogP contribution in [0.15, 0.2) is 85.0 Å². The van der Waals surface area contributed by atoms with E-state index in [-0.39, 0.29) is 29.6 Å². The van der Waals surface area contributed by atoms with Gasteiger partial charge in [0.2, 0.25) is 0 Å². The summed E-state index contributed by atoms with van der Waals surface area (Å²) in [4.78, 5) is 21.7. The third-order valence-electron chi connectivity index (χ3n) is 4.26. The number of phenols is 4. The van der Waals surface area contributed by atoms with Gasteiger partial charge in [0.15, 0.2) is 23.0 Å². The van der Waals surface area contributed by atoms with Crippen LogP contribution >= 0.6 is 0 Å². The van der Waals surface area contributed by atoms with E-state index in [9.17, 15) is 19.8 Å². The normalized spacial score (nSPS) is 10.9. The Morgan fingerprint density at radius 3 is 1.71 bits per heavy atom. The van der Waals surface area contributed by atoms with Gasteiger partial charge in [-0.1, -0.05) is 48.5 Å². The van der Waals surface area contributed by atoms with Gasteiger partial charge in [0.05, 0.1) is 0 Å². The number of phenolic OH excluding ortho intramolecular Hbond substituents is 4. The molecule has 0 bridgehead atoms. The van der Waals surface area contributed by atoms with Crippen molar-refractivity contribution in [2.24, 2.45) is 0 Å². The number of hydrogen-bond acceptors (Lipinski definition) is 7. The first-order chi connectivity index (χ1) is 16.7. The van der Waals surface area contributed by atoms with Gasteiger partial charge in [-0.2, -0.15) is 0 Å². The number of esters is 1. The van der Waals surface area contributed by atoms with Crippen LogP contribution in [-0.2, 0) is 14.3 Å². The van der Waals surface area contributed by atoms with E-state index in [0.29, 0.717) is 11.1 Å². The van der Waals surface area contributed by atoms with E-state index in [1.807, 2.05) is 36.4 Å². The summed E-state index contributed by atoms with van der Waals surface area (Å²) >= 11 is 0. The number of rotatable bonds is 7. The van der Waals surface area contributed by atoms with Crippen molar-refractivity contribution < 1.29 is 39.9 Å². The Labute approximate surface area is 201 Å². The standard InChI is InChI=1S/C18H16O4.C9H8O4/c19-16-10-8-15(13-17(16)20)9-11-18(21)22-12-4-7-14-5-2-1-3-6-14;10-7-3-1-6(5-8(7)11)2-4-9(12)13/h1-11,13,19-20H,12H2;1-5,10-11H,(H,12,13)/b7-4+,11-9+;4-2+. The highest BCUT2D eigenvalue weighted by Crippen LogP contribution is 2.26. The van der Waals surface area contributed by atoms with E-state index in [2.05, 4.69) is 0 Å². The number of aromatic hydroxyl groups is 4. The summed E-state index contributed by atoms with van der Waals surface area (Å²) in [6.07, 6.45) is 8.67. The summed E-state index contributed by atoms with van der Waals surface area (Å²) in [6.45, 7) is 0.179. The van der Waals surface area contributed by atoms with Gasteiger partial charge in [0.25, 0.3) is 0 Å². The Morgan fingerprint density at radius 2 is 1.20 bits per heavy atom. The van der Waals surface area contributed by atoms with Crippen LogP contribution in [0.5, 0.6) is 23.0 Å². The quantitative estimate of drug-likeness (QED) is 0.190. The van der Waals surface area contributed by atoms with Crippen LogP contribution < -0.4 is 0 Å². The molecule has 0 saturated carbocycles. The van der Waals surface area contributed by atoms with Gasteiger partial charge in [-0.05, 0) is 59.2 Å². The second kappa shape index (κ2) is 13.5. The fourth-order valence-corrected chi connectivity index (χ4v) is 2.55. The number of carbonyl (C=O) groups excluding carboxylic acids is 1. The maximum atomic E-state index is 11.5. The number of hydrogen-bond donors (Lipinski definition) is 5. The zero-order chi connectivity index (χ0) is 25.6. The van der Waals surface area contributed by atoms with Crippen LogP contribution in [0, 0.1) is 0 Å². The summed E-state index contributed by atoms with van der Waals surface area (Å²) in [5.41, 5.74) is 2.14. The van der Waals surface area contributed by atoms with Gasteiger partial charge in [0, 0.05) is 12.2 Å². The summed E-state index contributed by atoms with van der Waals surface area (Å²) in [5.74, 6) is -2.48. The maximum Gasteiger partial charge on any atom is 0.331 e. The highest BCUT2D eigenvalue weighted by molar-refractivity contribution is 5.87. The lowest BCUT2D eigenvalue weighted by atomic mass is 10.2. The number of ether oxygens (including phenoxy) is 1. The second-order valence-corrected chi connectivity index (χ2v) is 6.94. The third kappa shape index (κ3) is 10.0. The van der Waals surface area contributed by atoms with Crippen molar-refractivity contribution in [2.75, 3.05) is 6.61 Å². The Balaban J connectivity index is 0.000000283. The lowest BCUT2D eigenvalue weighted by Gasteiger charge is -1.99. The van der Waals surface area contributed by atoms with Crippen LogP contribution in [-0.4, -0.2) is 44.1 Å². The van der Waals surface area contributed by atoms with E-state index >= 15 is 0 Å². The Bertz CT molecular complexity index is 1230. The first-order valence-corrected chi connectivity index (χ1v) is 10.3. The molecule has 0 fully saturated rings. The molecule has 0 aromatic heterocycles. The molecule has 8 heteroatoms. The predicted octanol–water partition coefficient (Wildman–Crippen LogP) is 4.56. The van der Waals surface area contributed by atoms with E-state index in [1.54, 1.807) is 12.1 Å². The molecule has 0 atom stereocenters. The van der Waals surface area contributed by atoms with Gasteiger partial charge in [-0.3, -0.25) is 0 Å². The van der Waals surface area contributed by atoms with Gasteiger partial charge in [-0.25, -0.2) is 9.59 Å². The van der Waals surface area contributed by atoms with Crippen molar-refractivity contribution in [3.05, 3.63) is 102 Å².